The minimum Gasteiger partial charge on any atom is -0.325 e. The molecule has 1 saturated heterocycles. The second kappa shape index (κ2) is 7.36. The number of carbonyl (C=O) groups excluding carboxylic acids is 2. The van der Waals surface area contributed by atoms with Crippen LogP contribution in [0, 0.1) is 0 Å². The van der Waals surface area contributed by atoms with Crippen LogP contribution in [-0.4, -0.2) is 28.3 Å². The third-order valence-corrected chi connectivity index (χ3v) is 5.35. The fourth-order valence-corrected chi connectivity index (χ4v) is 3.95. The first-order valence-electron chi connectivity index (χ1n) is 7.71. The molecule has 23 heavy (non-hydrogen) atoms. The van der Waals surface area contributed by atoms with Gasteiger partial charge in [-0.3, -0.25) is 14.6 Å². The van der Waals surface area contributed by atoms with Gasteiger partial charge >= 0.3 is 0 Å². The summed E-state index contributed by atoms with van der Waals surface area (Å²) in [6, 6.07) is 7.35. The lowest BCUT2D eigenvalue weighted by molar-refractivity contribution is -0.122. The molecule has 122 valence electrons. The van der Waals surface area contributed by atoms with E-state index in [1.807, 2.05) is 0 Å². The zero-order valence-electron chi connectivity index (χ0n) is 12.5. The molecule has 0 radical (unpaired) electrons. The third kappa shape index (κ3) is 4.26. The molecule has 2 N–H and O–H groups in total. The zero-order valence-corrected chi connectivity index (χ0v) is 14.1. The van der Waals surface area contributed by atoms with Crippen molar-refractivity contribution in [3.63, 3.8) is 0 Å². The van der Waals surface area contributed by atoms with Gasteiger partial charge in [-0.25, -0.2) is 0 Å². The van der Waals surface area contributed by atoms with Crippen LogP contribution < -0.4 is 10.6 Å². The summed E-state index contributed by atoms with van der Waals surface area (Å²) < 4.78 is 0. The van der Waals surface area contributed by atoms with Gasteiger partial charge in [-0.15, -0.1) is 0 Å². The van der Waals surface area contributed by atoms with Crippen molar-refractivity contribution in [2.45, 2.75) is 43.4 Å². The van der Waals surface area contributed by atoms with Crippen molar-refractivity contribution in [1.82, 2.24) is 5.32 Å². The predicted octanol–water partition coefficient (Wildman–Crippen LogP) is 3.20. The number of benzene rings is 1. The number of thioether (sulfide) groups is 1. The summed E-state index contributed by atoms with van der Waals surface area (Å²) in [4.78, 5) is 28.7. The van der Waals surface area contributed by atoms with Crippen LogP contribution in [0.15, 0.2) is 29.3 Å². The first kappa shape index (κ1) is 16.3. The predicted molar refractivity (Wildman–Crippen MR) is 93.9 cm³/mol. The van der Waals surface area contributed by atoms with E-state index >= 15 is 0 Å². The number of anilines is 1. The Labute approximate surface area is 144 Å². The summed E-state index contributed by atoms with van der Waals surface area (Å²) in [5.74, 6) is -0.381. The van der Waals surface area contributed by atoms with Crippen LogP contribution in [0.25, 0.3) is 0 Å². The largest absolute Gasteiger partial charge is 0.325 e. The van der Waals surface area contributed by atoms with Crippen LogP contribution in [0.2, 0.25) is 5.02 Å². The average molecular weight is 352 g/mol. The molecule has 0 aromatic heterocycles. The van der Waals surface area contributed by atoms with Crippen molar-refractivity contribution in [3.8, 4) is 0 Å². The lowest BCUT2D eigenvalue weighted by Crippen LogP contribution is -2.28. The number of carbonyl (C=O) groups is 2. The summed E-state index contributed by atoms with van der Waals surface area (Å²) in [5, 5.41) is 6.22. The maximum Gasteiger partial charge on any atom is 0.240 e. The number of hydrogen-bond acceptors (Lipinski definition) is 4. The third-order valence-electron chi connectivity index (χ3n) is 3.92. The molecule has 3 rings (SSSR count). The lowest BCUT2D eigenvalue weighted by Gasteiger charge is -2.08. The molecule has 2 fully saturated rings. The van der Waals surface area contributed by atoms with Crippen LogP contribution in [0.4, 0.5) is 5.69 Å². The number of amides is 2. The van der Waals surface area contributed by atoms with Gasteiger partial charge in [-0.1, -0.05) is 48.3 Å². The van der Waals surface area contributed by atoms with E-state index < -0.39 is 5.25 Å². The molecule has 1 aromatic carbocycles. The van der Waals surface area contributed by atoms with Crippen LogP contribution in [0.1, 0.15) is 32.1 Å². The van der Waals surface area contributed by atoms with Crippen molar-refractivity contribution in [2.75, 3.05) is 5.32 Å². The molecule has 1 atom stereocenters. The minimum atomic E-state index is -0.433. The molecule has 2 aliphatic rings. The second-order valence-corrected chi connectivity index (χ2v) is 7.30. The van der Waals surface area contributed by atoms with Gasteiger partial charge in [0.2, 0.25) is 11.8 Å². The van der Waals surface area contributed by atoms with Gasteiger partial charge in [0, 0.05) is 6.42 Å². The number of nitrogens with one attached hydrogen (secondary N) is 2. The van der Waals surface area contributed by atoms with Crippen molar-refractivity contribution in [3.05, 3.63) is 29.3 Å². The number of para-hydroxylation sites is 1. The van der Waals surface area contributed by atoms with Crippen LogP contribution in [0.5, 0.6) is 0 Å². The Kier molecular flexibility index (Phi) is 5.23. The molecule has 0 unspecified atom stereocenters. The molecule has 0 bridgehead atoms. The molecule has 1 aliphatic carbocycles. The lowest BCUT2D eigenvalue weighted by atomic mass is 10.2. The van der Waals surface area contributed by atoms with E-state index in [1.165, 1.54) is 24.6 Å². The molecule has 2 amide bonds. The van der Waals surface area contributed by atoms with E-state index in [4.69, 9.17) is 11.6 Å². The van der Waals surface area contributed by atoms with E-state index in [0.717, 1.165) is 12.8 Å². The summed E-state index contributed by atoms with van der Waals surface area (Å²) >= 11 is 7.36. The topological polar surface area (TPSA) is 70.6 Å². The highest BCUT2D eigenvalue weighted by Gasteiger charge is 2.32. The van der Waals surface area contributed by atoms with Crippen molar-refractivity contribution < 1.29 is 9.59 Å². The van der Waals surface area contributed by atoms with E-state index in [-0.39, 0.29) is 18.2 Å². The molecular weight excluding hydrogens is 334 g/mol. The number of amidine groups is 1. The maximum atomic E-state index is 12.1. The van der Waals surface area contributed by atoms with Gasteiger partial charge in [-0.2, -0.15) is 0 Å². The fourth-order valence-electron chi connectivity index (χ4n) is 2.73. The Bertz CT molecular complexity index is 644. The number of rotatable bonds is 4. The summed E-state index contributed by atoms with van der Waals surface area (Å²) in [6.07, 6.45) is 4.66. The standard InChI is InChI=1S/C16H18ClN3O2S/c17-11-7-3-4-8-12(11)19-14(21)9-13-15(22)20-16(23-13)18-10-5-1-2-6-10/h3-4,7-8,10,13H,1-2,5-6,9H2,(H,19,21)(H,18,20,22)/t13-/m1/s1. The highest BCUT2D eigenvalue weighted by molar-refractivity contribution is 8.15. The normalized spacial score (nSPS) is 23.3. The average Bonchev–Trinajstić information content (AvgIpc) is 3.12. The van der Waals surface area contributed by atoms with E-state index in [1.54, 1.807) is 24.3 Å². The quantitative estimate of drug-likeness (QED) is 0.875. The van der Waals surface area contributed by atoms with Crippen molar-refractivity contribution in [2.24, 2.45) is 4.99 Å². The Balaban J connectivity index is 1.56. The molecule has 1 heterocycles. The highest BCUT2D eigenvalue weighted by atomic mass is 35.5. The van der Waals surface area contributed by atoms with Crippen LogP contribution in [-0.2, 0) is 9.59 Å². The first-order valence-corrected chi connectivity index (χ1v) is 8.97. The number of hydrogen-bond donors (Lipinski definition) is 2. The van der Waals surface area contributed by atoms with Gasteiger partial charge in [0.15, 0.2) is 5.17 Å². The number of nitrogens with zero attached hydrogens (tertiary/aromatic N) is 1. The van der Waals surface area contributed by atoms with Gasteiger partial charge in [-0.05, 0) is 25.0 Å². The fraction of sp³-hybridized carbons (Fsp3) is 0.438. The van der Waals surface area contributed by atoms with E-state index in [9.17, 15) is 9.59 Å². The molecule has 1 aliphatic heterocycles. The molecular formula is C16H18ClN3O2S. The molecule has 0 spiro atoms. The molecule has 1 aromatic rings. The van der Waals surface area contributed by atoms with Crippen molar-refractivity contribution in [1.29, 1.82) is 0 Å². The summed E-state index contributed by atoms with van der Waals surface area (Å²) in [5.41, 5.74) is 0.558. The van der Waals surface area contributed by atoms with Gasteiger partial charge < -0.3 is 10.6 Å². The van der Waals surface area contributed by atoms with Gasteiger partial charge in [0.25, 0.3) is 0 Å². The van der Waals surface area contributed by atoms with E-state index in [2.05, 4.69) is 15.6 Å². The van der Waals surface area contributed by atoms with Gasteiger partial charge in [0.05, 0.1) is 16.8 Å². The summed E-state index contributed by atoms with van der Waals surface area (Å²) in [7, 11) is 0. The Morgan fingerprint density at radius 2 is 2.09 bits per heavy atom. The van der Waals surface area contributed by atoms with Crippen LogP contribution in [0.3, 0.4) is 0 Å². The summed E-state index contributed by atoms with van der Waals surface area (Å²) in [6.45, 7) is 0. The molecule has 5 nitrogen and oxygen atoms in total. The van der Waals surface area contributed by atoms with Crippen LogP contribution >= 0.6 is 23.4 Å². The number of aliphatic imine (C=N–C) groups is 1. The maximum absolute atomic E-state index is 12.1. The second-order valence-electron chi connectivity index (χ2n) is 5.70. The Morgan fingerprint density at radius 1 is 1.35 bits per heavy atom. The highest BCUT2D eigenvalue weighted by Crippen LogP contribution is 2.27. The minimum absolute atomic E-state index is 0.103. The number of halogens is 1. The Morgan fingerprint density at radius 3 is 2.83 bits per heavy atom. The van der Waals surface area contributed by atoms with Gasteiger partial charge in [0.1, 0.15) is 5.25 Å². The first-order chi connectivity index (χ1) is 11.1. The van der Waals surface area contributed by atoms with Crippen molar-refractivity contribution >= 4 is 46.0 Å². The monoisotopic (exact) mass is 351 g/mol. The molecule has 1 saturated carbocycles. The SMILES string of the molecule is O=C(C[C@H]1SC(=NC2CCCC2)NC1=O)Nc1ccccc1Cl. The zero-order chi connectivity index (χ0) is 16.2. The Hall–Kier alpha value is -1.53. The molecule has 7 heteroatoms. The van der Waals surface area contributed by atoms with E-state index in [0.29, 0.717) is 21.9 Å². The smallest absolute Gasteiger partial charge is 0.240 e.